The molecule has 46 heavy (non-hydrogen) atoms. The van der Waals surface area contributed by atoms with Crippen molar-refractivity contribution in [3.8, 4) is 11.5 Å². The summed E-state index contributed by atoms with van der Waals surface area (Å²) in [5.74, 6) is -4.84. The first-order valence-corrected chi connectivity index (χ1v) is 14.8. The number of hydrogen-bond acceptors (Lipinski definition) is 8. The van der Waals surface area contributed by atoms with Gasteiger partial charge >= 0.3 is 23.8 Å². The minimum Gasteiger partial charge on any atom is -0.507 e. The van der Waals surface area contributed by atoms with Gasteiger partial charge < -0.3 is 30.1 Å². The van der Waals surface area contributed by atoms with E-state index in [1.54, 1.807) is 36.4 Å². The smallest absolute Gasteiger partial charge is 0.395 e. The highest BCUT2D eigenvalue weighted by atomic mass is 16.5. The maximum absolute atomic E-state index is 13.0. The number of aryl methyl sites for hydroxylation is 1. The number of aromatic carboxylic acids is 1. The number of unbranched alkanes of at least 4 members (excludes halogenated alkanes) is 1. The normalized spacial score (nSPS) is 11.5. The standard InChI is InChI=1S/C35H36N2O9/c1-22(36-20-7-8-21-46-30-15-9-14-29(38)31(30)35(44)45-2)16-17-23-18-19-28(25-11-4-3-10-24(23)25)37(32(39)34(42)43)27-13-6-5-12-26(27)33(40)41/h3-6,9-15,18-19,22,36,38H,7-8,16-17,20-21H2,1-2H3,(H,40,41)(H,42,43). The van der Waals surface area contributed by atoms with Crippen LogP contribution in [-0.2, 0) is 20.7 Å². The number of carbonyl (C=O) groups is 4. The van der Waals surface area contributed by atoms with Crippen LogP contribution in [0, 0.1) is 0 Å². The zero-order chi connectivity index (χ0) is 33.2. The Labute approximate surface area is 266 Å². The molecule has 1 atom stereocenters. The van der Waals surface area contributed by atoms with Gasteiger partial charge in [-0.25, -0.2) is 14.4 Å². The maximum atomic E-state index is 13.0. The van der Waals surface area contributed by atoms with E-state index in [4.69, 9.17) is 9.47 Å². The average Bonchev–Trinajstić information content (AvgIpc) is 3.05. The zero-order valence-electron chi connectivity index (χ0n) is 25.6. The molecular formula is C35H36N2O9. The molecule has 0 heterocycles. The van der Waals surface area contributed by atoms with E-state index >= 15 is 0 Å². The van der Waals surface area contributed by atoms with Gasteiger partial charge in [-0.2, -0.15) is 0 Å². The van der Waals surface area contributed by atoms with Gasteiger partial charge in [0.1, 0.15) is 17.1 Å². The highest BCUT2D eigenvalue weighted by Gasteiger charge is 2.29. The van der Waals surface area contributed by atoms with Gasteiger partial charge in [-0.05, 0) is 80.4 Å². The lowest BCUT2D eigenvalue weighted by atomic mass is 9.97. The lowest BCUT2D eigenvalue weighted by molar-refractivity contribution is -0.148. The molecule has 0 aliphatic heterocycles. The van der Waals surface area contributed by atoms with E-state index < -0.39 is 23.8 Å². The van der Waals surface area contributed by atoms with Crippen LogP contribution in [-0.4, -0.2) is 65.4 Å². The van der Waals surface area contributed by atoms with Crippen molar-refractivity contribution < 1.29 is 44.0 Å². The number of nitrogens with one attached hydrogen (secondary N) is 1. The molecule has 0 spiro atoms. The fraction of sp³-hybridized carbons (Fsp3) is 0.257. The lowest BCUT2D eigenvalue weighted by Crippen LogP contribution is -2.33. The third kappa shape index (κ3) is 7.80. The van der Waals surface area contributed by atoms with E-state index in [-0.39, 0.29) is 40.0 Å². The van der Waals surface area contributed by atoms with Gasteiger partial charge in [0.15, 0.2) is 0 Å². The Morgan fingerprint density at radius 3 is 2.28 bits per heavy atom. The van der Waals surface area contributed by atoms with Gasteiger partial charge in [0.05, 0.1) is 30.7 Å². The number of carboxylic acid groups (broad SMARTS) is 2. The summed E-state index contributed by atoms with van der Waals surface area (Å²) >= 11 is 0. The number of phenolic OH excluding ortho intramolecular Hbond substituents is 1. The Morgan fingerprint density at radius 1 is 0.848 bits per heavy atom. The molecule has 240 valence electrons. The molecule has 1 unspecified atom stereocenters. The SMILES string of the molecule is COC(=O)c1c(O)cccc1OCCCCNC(C)CCc1ccc(N(C(=O)C(=O)O)c2ccccc2C(=O)O)c2ccccc12. The van der Waals surface area contributed by atoms with Crippen LogP contribution in [0.25, 0.3) is 10.8 Å². The molecule has 4 aromatic rings. The fourth-order valence-corrected chi connectivity index (χ4v) is 5.23. The van der Waals surface area contributed by atoms with E-state index in [0.717, 1.165) is 41.7 Å². The number of phenols is 1. The Bertz CT molecular complexity index is 1740. The van der Waals surface area contributed by atoms with Gasteiger partial charge in [0.2, 0.25) is 0 Å². The molecule has 1 amide bonds. The summed E-state index contributed by atoms with van der Waals surface area (Å²) in [4.78, 5) is 49.6. The predicted octanol–water partition coefficient (Wildman–Crippen LogP) is 5.55. The van der Waals surface area contributed by atoms with Gasteiger partial charge in [0.25, 0.3) is 0 Å². The number of fused-ring (bicyclic) bond motifs is 1. The van der Waals surface area contributed by atoms with Crippen LogP contribution < -0.4 is 15.0 Å². The van der Waals surface area contributed by atoms with Crippen molar-refractivity contribution in [3.63, 3.8) is 0 Å². The van der Waals surface area contributed by atoms with Crippen LogP contribution in [0.5, 0.6) is 11.5 Å². The summed E-state index contributed by atoms with van der Waals surface area (Å²) in [7, 11) is 1.24. The summed E-state index contributed by atoms with van der Waals surface area (Å²) in [6.07, 6.45) is 3.04. The third-order valence-electron chi connectivity index (χ3n) is 7.56. The molecular weight excluding hydrogens is 592 g/mol. The van der Waals surface area contributed by atoms with Crippen LogP contribution >= 0.6 is 0 Å². The van der Waals surface area contributed by atoms with E-state index in [2.05, 4.69) is 12.2 Å². The quantitative estimate of drug-likeness (QED) is 0.0791. The fourth-order valence-electron chi connectivity index (χ4n) is 5.23. The minimum atomic E-state index is -1.70. The molecule has 0 aromatic heterocycles. The number of aliphatic carboxylic acids is 1. The molecule has 11 nitrogen and oxygen atoms in total. The van der Waals surface area contributed by atoms with Crippen LogP contribution in [0.2, 0.25) is 0 Å². The number of rotatable bonds is 14. The largest absolute Gasteiger partial charge is 0.507 e. The number of carbonyl (C=O) groups excluding carboxylic acids is 2. The number of esters is 1. The zero-order valence-corrected chi connectivity index (χ0v) is 25.6. The Balaban J connectivity index is 1.39. The van der Waals surface area contributed by atoms with Crippen molar-refractivity contribution in [2.75, 3.05) is 25.2 Å². The lowest BCUT2D eigenvalue weighted by Gasteiger charge is -2.25. The van der Waals surface area contributed by atoms with Gasteiger partial charge in [0, 0.05) is 11.4 Å². The highest BCUT2D eigenvalue weighted by molar-refractivity contribution is 6.40. The van der Waals surface area contributed by atoms with E-state index in [1.165, 1.54) is 31.4 Å². The average molecular weight is 629 g/mol. The number of aromatic hydroxyl groups is 1. The van der Waals surface area contributed by atoms with Crippen molar-refractivity contribution in [1.29, 1.82) is 0 Å². The second-order valence-electron chi connectivity index (χ2n) is 10.6. The first-order valence-electron chi connectivity index (χ1n) is 14.8. The second kappa shape index (κ2) is 15.5. The van der Waals surface area contributed by atoms with E-state index in [9.17, 15) is 34.5 Å². The molecule has 0 aliphatic rings. The maximum Gasteiger partial charge on any atom is 0.395 e. The number of amides is 1. The number of carboxylic acids is 2. The van der Waals surface area contributed by atoms with Crippen molar-refractivity contribution >= 4 is 46.0 Å². The Kier molecular flexibility index (Phi) is 11.3. The van der Waals surface area contributed by atoms with Crippen LogP contribution in [0.3, 0.4) is 0 Å². The monoisotopic (exact) mass is 628 g/mol. The molecule has 4 aromatic carbocycles. The van der Waals surface area contributed by atoms with Crippen LogP contribution in [0.4, 0.5) is 11.4 Å². The molecule has 0 saturated heterocycles. The molecule has 0 saturated carbocycles. The number of methoxy groups -OCH3 is 1. The summed E-state index contributed by atoms with van der Waals surface area (Å²) < 4.78 is 10.4. The number of anilines is 2. The third-order valence-corrected chi connectivity index (χ3v) is 7.56. The van der Waals surface area contributed by atoms with Crippen molar-refractivity contribution in [2.24, 2.45) is 0 Å². The van der Waals surface area contributed by atoms with Crippen molar-refractivity contribution in [2.45, 2.75) is 38.6 Å². The molecule has 0 bridgehead atoms. The highest BCUT2D eigenvalue weighted by Crippen LogP contribution is 2.36. The number of ether oxygens (including phenoxy) is 2. The predicted molar refractivity (Wildman–Crippen MR) is 172 cm³/mol. The molecule has 0 aliphatic carbocycles. The molecule has 11 heteroatoms. The molecule has 4 rings (SSSR count). The van der Waals surface area contributed by atoms with Crippen LogP contribution in [0.1, 0.15) is 52.5 Å². The molecule has 0 fully saturated rings. The van der Waals surface area contributed by atoms with Gasteiger partial charge in [-0.3, -0.25) is 9.69 Å². The summed E-state index contributed by atoms with van der Waals surface area (Å²) in [5, 5.41) is 34.3. The van der Waals surface area contributed by atoms with Crippen molar-refractivity contribution in [1.82, 2.24) is 5.32 Å². The first-order chi connectivity index (χ1) is 22.1. The topological polar surface area (TPSA) is 163 Å². The van der Waals surface area contributed by atoms with Gasteiger partial charge in [-0.1, -0.05) is 48.5 Å². The number of benzene rings is 4. The first kappa shape index (κ1) is 33.5. The summed E-state index contributed by atoms with van der Waals surface area (Å²) in [6.45, 7) is 3.18. The molecule has 4 N–H and O–H groups in total. The van der Waals surface area contributed by atoms with Crippen molar-refractivity contribution in [3.05, 3.63) is 95.6 Å². The van der Waals surface area contributed by atoms with Gasteiger partial charge in [-0.15, -0.1) is 0 Å². The molecule has 0 radical (unpaired) electrons. The number of para-hydroxylation sites is 1. The second-order valence-corrected chi connectivity index (χ2v) is 10.6. The minimum absolute atomic E-state index is 0.00331. The number of nitrogens with zero attached hydrogens (tertiary/aromatic N) is 1. The summed E-state index contributed by atoms with van der Waals surface area (Å²) in [5.41, 5.74) is 1.06. The van der Waals surface area contributed by atoms with Crippen LogP contribution in [0.15, 0.2) is 78.9 Å². The Hall–Kier alpha value is -5.42. The Morgan fingerprint density at radius 2 is 1.57 bits per heavy atom. The summed E-state index contributed by atoms with van der Waals surface area (Å²) in [6, 6.07) is 21.4. The van der Waals surface area contributed by atoms with E-state index in [0.29, 0.717) is 18.4 Å². The number of hydrogen-bond donors (Lipinski definition) is 4. The van der Waals surface area contributed by atoms with E-state index in [1.807, 2.05) is 18.2 Å².